The first-order valence-electron chi connectivity index (χ1n) is 9.80. The Hall–Kier alpha value is -2.78. The highest BCUT2D eigenvalue weighted by atomic mass is 35.5. The molecule has 0 aliphatic carbocycles. The Bertz CT molecular complexity index is 1110. The van der Waals surface area contributed by atoms with Gasteiger partial charge in [-0.15, -0.1) is 0 Å². The third-order valence-electron chi connectivity index (χ3n) is 4.43. The Labute approximate surface area is 206 Å². The lowest BCUT2D eigenvalue weighted by atomic mass is 10.2. The number of nitrogens with one attached hydrogen (secondary N) is 2. The van der Waals surface area contributed by atoms with E-state index in [9.17, 15) is 4.79 Å². The molecule has 1 heterocycles. The molecule has 1 aromatic heterocycles. The third kappa shape index (κ3) is 6.39. The molecule has 0 unspecified atom stereocenters. The number of amides is 2. The lowest BCUT2D eigenvalue weighted by Gasteiger charge is -2.24. The van der Waals surface area contributed by atoms with Gasteiger partial charge in [0.25, 0.3) is 0 Å². The average Bonchev–Trinajstić information content (AvgIpc) is 2.78. The SMILES string of the molecule is COC[C@H](C)Nc1nccc(N(C(=O)Nc2cc(Cl)cc(Cl)c2Cl)c2ccc(OC)cc2)n1. The number of anilines is 4. The predicted molar refractivity (Wildman–Crippen MR) is 133 cm³/mol. The van der Waals surface area contributed by atoms with Crippen LogP contribution in [0.5, 0.6) is 5.75 Å². The van der Waals surface area contributed by atoms with Gasteiger partial charge in [-0.25, -0.2) is 14.7 Å². The van der Waals surface area contributed by atoms with Gasteiger partial charge in [0.15, 0.2) is 0 Å². The average molecular weight is 511 g/mol. The number of hydrogen-bond acceptors (Lipinski definition) is 6. The van der Waals surface area contributed by atoms with Crippen molar-refractivity contribution in [2.24, 2.45) is 0 Å². The number of rotatable bonds is 8. The van der Waals surface area contributed by atoms with Crippen LogP contribution in [0.25, 0.3) is 0 Å². The fourth-order valence-corrected chi connectivity index (χ4v) is 3.61. The van der Waals surface area contributed by atoms with Crippen molar-refractivity contribution in [1.82, 2.24) is 9.97 Å². The molecule has 3 rings (SSSR count). The van der Waals surface area contributed by atoms with Crippen LogP contribution in [0.3, 0.4) is 0 Å². The van der Waals surface area contributed by atoms with Crippen molar-refractivity contribution in [3.8, 4) is 5.75 Å². The molecule has 2 amide bonds. The maximum absolute atomic E-state index is 13.4. The molecule has 0 saturated heterocycles. The molecule has 0 spiro atoms. The van der Waals surface area contributed by atoms with E-state index in [1.807, 2.05) is 6.92 Å². The summed E-state index contributed by atoms with van der Waals surface area (Å²) in [5, 5.41) is 6.61. The smallest absolute Gasteiger partial charge is 0.332 e. The Morgan fingerprint density at radius 1 is 1.12 bits per heavy atom. The van der Waals surface area contributed by atoms with E-state index < -0.39 is 6.03 Å². The minimum atomic E-state index is -0.532. The molecule has 2 N–H and O–H groups in total. The highest BCUT2D eigenvalue weighted by Crippen LogP contribution is 2.35. The summed E-state index contributed by atoms with van der Waals surface area (Å²) in [5.74, 6) is 1.30. The number of carbonyl (C=O) groups excluding carboxylic acids is 1. The zero-order valence-corrected chi connectivity index (χ0v) is 20.4. The van der Waals surface area contributed by atoms with E-state index >= 15 is 0 Å². The number of benzene rings is 2. The van der Waals surface area contributed by atoms with Gasteiger partial charge in [-0.1, -0.05) is 34.8 Å². The summed E-state index contributed by atoms with van der Waals surface area (Å²) in [6.07, 6.45) is 1.55. The highest BCUT2D eigenvalue weighted by Gasteiger charge is 2.22. The van der Waals surface area contributed by atoms with E-state index in [2.05, 4.69) is 20.6 Å². The predicted octanol–water partition coefficient (Wildman–Crippen LogP) is 6.26. The topological polar surface area (TPSA) is 88.6 Å². The highest BCUT2D eigenvalue weighted by molar-refractivity contribution is 6.45. The van der Waals surface area contributed by atoms with Crippen molar-refractivity contribution >= 4 is 64.0 Å². The standard InChI is InChI=1S/C22H22Cl3N5O3/c1-13(12-32-2)27-21-26-9-8-19(29-21)30(15-4-6-16(33-3)7-5-15)22(31)28-18-11-14(23)10-17(24)20(18)25/h4-11,13H,12H2,1-3H3,(H,28,31)(H,26,27,29)/t13-/m0/s1. The number of halogens is 3. The molecule has 0 bridgehead atoms. The molecular weight excluding hydrogens is 489 g/mol. The van der Waals surface area contributed by atoms with Gasteiger partial charge in [0, 0.05) is 30.4 Å². The number of methoxy groups -OCH3 is 2. The molecule has 0 aliphatic heterocycles. The maximum atomic E-state index is 13.4. The first-order chi connectivity index (χ1) is 15.8. The first kappa shape index (κ1) is 24.9. The van der Waals surface area contributed by atoms with Crippen LogP contribution in [0, 0.1) is 0 Å². The van der Waals surface area contributed by atoms with Gasteiger partial charge in [0.1, 0.15) is 11.6 Å². The van der Waals surface area contributed by atoms with Crippen LogP contribution < -0.4 is 20.3 Å². The van der Waals surface area contributed by atoms with Gasteiger partial charge in [0.05, 0.1) is 35.1 Å². The van der Waals surface area contributed by atoms with Crippen LogP contribution in [-0.4, -0.2) is 42.9 Å². The van der Waals surface area contributed by atoms with E-state index in [1.54, 1.807) is 50.7 Å². The molecule has 174 valence electrons. The zero-order valence-electron chi connectivity index (χ0n) is 18.1. The second-order valence-corrected chi connectivity index (χ2v) is 8.17. The Kier molecular flexibility index (Phi) is 8.57. The number of carbonyl (C=O) groups is 1. The zero-order chi connectivity index (χ0) is 24.0. The fourth-order valence-electron chi connectivity index (χ4n) is 2.96. The lowest BCUT2D eigenvalue weighted by molar-refractivity contribution is 0.190. The van der Waals surface area contributed by atoms with Gasteiger partial charge in [-0.3, -0.25) is 0 Å². The third-order valence-corrected chi connectivity index (χ3v) is 5.45. The van der Waals surface area contributed by atoms with Gasteiger partial charge >= 0.3 is 6.03 Å². The van der Waals surface area contributed by atoms with Gasteiger partial charge in [-0.05, 0) is 43.3 Å². The molecule has 33 heavy (non-hydrogen) atoms. The summed E-state index contributed by atoms with van der Waals surface area (Å²) in [6, 6.07) is 11.0. The second-order valence-electron chi connectivity index (χ2n) is 6.95. The largest absolute Gasteiger partial charge is 0.497 e. The van der Waals surface area contributed by atoms with Crippen molar-refractivity contribution < 1.29 is 14.3 Å². The Morgan fingerprint density at radius 3 is 2.52 bits per heavy atom. The summed E-state index contributed by atoms with van der Waals surface area (Å²) in [4.78, 5) is 23.5. The van der Waals surface area contributed by atoms with E-state index in [0.29, 0.717) is 34.8 Å². The molecule has 2 aromatic carbocycles. The van der Waals surface area contributed by atoms with Crippen molar-refractivity contribution in [2.45, 2.75) is 13.0 Å². The number of nitrogens with zero attached hydrogens (tertiary/aromatic N) is 3. The molecule has 0 fully saturated rings. The number of urea groups is 1. The summed E-state index contributed by atoms with van der Waals surface area (Å²) >= 11 is 18.5. The molecule has 0 radical (unpaired) electrons. The van der Waals surface area contributed by atoms with E-state index in [4.69, 9.17) is 44.3 Å². The van der Waals surface area contributed by atoms with Crippen LogP contribution in [-0.2, 0) is 4.74 Å². The summed E-state index contributed by atoms with van der Waals surface area (Å²) in [6.45, 7) is 2.39. The van der Waals surface area contributed by atoms with E-state index in [-0.39, 0.29) is 21.8 Å². The number of aromatic nitrogens is 2. The molecule has 0 saturated carbocycles. The minimum absolute atomic E-state index is 0.0408. The molecule has 1 atom stereocenters. The Balaban J connectivity index is 1.99. The summed E-state index contributed by atoms with van der Waals surface area (Å²) in [7, 11) is 3.17. The molecule has 11 heteroatoms. The van der Waals surface area contributed by atoms with Crippen LogP contribution in [0.15, 0.2) is 48.7 Å². The van der Waals surface area contributed by atoms with Crippen molar-refractivity contribution in [3.63, 3.8) is 0 Å². The van der Waals surface area contributed by atoms with Crippen LogP contribution in [0.2, 0.25) is 15.1 Å². The van der Waals surface area contributed by atoms with Crippen LogP contribution in [0.1, 0.15) is 6.92 Å². The van der Waals surface area contributed by atoms with Crippen molar-refractivity contribution in [3.05, 3.63) is 63.7 Å². The summed E-state index contributed by atoms with van der Waals surface area (Å²) < 4.78 is 10.4. The summed E-state index contributed by atoms with van der Waals surface area (Å²) in [5.41, 5.74) is 0.797. The Morgan fingerprint density at radius 2 is 1.85 bits per heavy atom. The normalized spacial score (nSPS) is 11.6. The first-order valence-corrected chi connectivity index (χ1v) is 10.9. The molecule has 8 nitrogen and oxygen atoms in total. The van der Waals surface area contributed by atoms with Gasteiger partial charge < -0.3 is 20.1 Å². The van der Waals surface area contributed by atoms with Crippen molar-refractivity contribution in [1.29, 1.82) is 0 Å². The molecular formula is C22H22Cl3N5O3. The van der Waals surface area contributed by atoms with E-state index in [0.717, 1.165) is 0 Å². The minimum Gasteiger partial charge on any atom is -0.497 e. The van der Waals surface area contributed by atoms with Crippen LogP contribution >= 0.6 is 34.8 Å². The second kappa shape index (κ2) is 11.4. The monoisotopic (exact) mass is 509 g/mol. The molecule has 3 aromatic rings. The number of ether oxygens (including phenoxy) is 2. The lowest BCUT2D eigenvalue weighted by Crippen LogP contribution is -2.32. The quantitative estimate of drug-likeness (QED) is 0.348. The van der Waals surface area contributed by atoms with Crippen LogP contribution in [0.4, 0.5) is 27.9 Å². The fraction of sp³-hybridized carbons (Fsp3) is 0.227. The van der Waals surface area contributed by atoms with Gasteiger partial charge in [0.2, 0.25) is 5.95 Å². The van der Waals surface area contributed by atoms with Crippen molar-refractivity contribution in [2.75, 3.05) is 36.4 Å². The maximum Gasteiger partial charge on any atom is 0.332 e. The molecule has 0 aliphatic rings. The van der Waals surface area contributed by atoms with E-state index in [1.165, 1.54) is 17.0 Å². The number of hydrogen-bond donors (Lipinski definition) is 2. The van der Waals surface area contributed by atoms with Gasteiger partial charge in [-0.2, -0.15) is 4.98 Å².